The zero-order valence-electron chi connectivity index (χ0n) is 8.09. The fraction of sp³-hybridized carbons (Fsp3) is 0.600. The summed E-state index contributed by atoms with van der Waals surface area (Å²) in [6.45, 7) is 5.78. The summed E-state index contributed by atoms with van der Waals surface area (Å²) < 4.78 is 5.63. The quantitative estimate of drug-likeness (QED) is 0.746. The fourth-order valence-electron chi connectivity index (χ4n) is 2.05. The summed E-state index contributed by atoms with van der Waals surface area (Å²) in [5, 5.41) is 0. The number of rotatable bonds is 1. The van der Waals surface area contributed by atoms with Gasteiger partial charge < -0.3 is 10.5 Å². The topological polar surface area (TPSA) is 35.2 Å². The van der Waals surface area contributed by atoms with Crippen molar-refractivity contribution >= 4 is 11.3 Å². The lowest BCUT2D eigenvalue weighted by molar-refractivity contribution is 0.0485. The van der Waals surface area contributed by atoms with Crippen LogP contribution in [0, 0.1) is 13.8 Å². The molecule has 2 nitrogen and oxygen atoms in total. The van der Waals surface area contributed by atoms with Crippen LogP contribution in [-0.2, 0) is 11.2 Å². The molecule has 72 valence electrons. The van der Waals surface area contributed by atoms with Crippen LogP contribution >= 0.6 is 11.3 Å². The van der Waals surface area contributed by atoms with E-state index in [0.29, 0.717) is 6.54 Å². The standard InChI is InChI=1S/C10H15NOS/c1-6-8-3-4-12-9(5-11)10(8)7(2)13-6/h9H,3-5,11H2,1-2H3/t9-/m0/s1. The molecule has 0 aliphatic carbocycles. The van der Waals surface area contributed by atoms with Crippen LogP contribution in [0.5, 0.6) is 0 Å². The normalized spacial score (nSPS) is 21.6. The van der Waals surface area contributed by atoms with E-state index in [4.69, 9.17) is 10.5 Å². The van der Waals surface area contributed by atoms with Crippen molar-refractivity contribution in [2.75, 3.05) is 13.2 Å². The Morgan fingerprint density at radius 1 is 1.46 bits per heavy atom. The number of hydrogen-bond donors (Lipinski definition) is 1. The summed E-state index contributed by atoms with van der Waals surface area (Å²) in [6, 6.07) is 0. The van der Waals surface area contributed by atoms with Crippen molar-refractivity contribution < 1.29 is 4.74 Å². The van der Waals surface area contributed by atoms with Crippen LogP contribution in [0.25, 0.3) is 0 Å². The second kappa shape index (κ2) is 3.40. The first-order valence-electron chi connectivity index (χ1n) is 4.64. The molecule has 0 fully saturated rings. The minimum atomic E-state index is 0.147. The summed E-state index contributed by atoms with van der Waals surface area (Å²) in [5.74, 6) is 0. The minimum absolute atomic E-state index is 0.147. The Kier molecular flexibility index (Phi) is 2.41. The number of nitrogens with two attached hydrogens (primary N) is 1. The van der Waals surface area contributed by atoms with Crippen molar-refractivity contribution in [1.29, 1.82) is 0 Å². The number of aryl methyl sites for hydroxylation is 2. The van der Waals surface area contributed by atoms with Crippen molar-refractivity contribution in [3.8, 4) is 0 Å². The first kappa shape index (κ1) is 9.19. The smallest absolute Gasteiger partial charge is 0.0960 e. The van der Waals surface area contributed by atoms with Crippen molar-refractivity contribution in [2.24, 2.45) is 5.73 Å². The van der Waals surface area contributed by atoms with Gasteiger partial charge in [0.2, 0.25) is 0 Å². The lowest BCUT2D eigenvalue weighted by Gasteiger charge is -2.23. The second-order valence-corrected chi connectivity index (χ2v) is 4.88. The lowest BCUT2D eigenvalue weighted by atomic mass is 9.98. The Balaban J connectivity index is 2.48. The fourth-order valence-corrected chi connectivity index (χ4v) is 3.21. The highest BCUT2D eigenvalue weighted by molar-refractivity contribution is 7.12. The molecule has 0 unspecified atom stereocenters. The highest BCUT2D eigenvalue weighted by Crippen LogP contribution is 2.36. The maximum Gasteiger partial charge on any atom is 0.0960 e. The molecule has 0 bridgehead atoms. The summed E-state index contributed by atoms with van der Waals surface area (Å²) in [5.41, 5.74) is 8.54. The van der Waals surface area contributed by atoms with E-state index in [9.17, 15) is 0 Å². The molecule has 0 spiro atoms. The number of thiophene rings is 1. The SMILES string of the molecule is Cc1sc(C)c2c1CCO[C@H]2CN. The average Bonchev–Trinajstić information content (AvgIpc) is 2.43. The predicted octanol–water partition coefficient (Wildman–Crippen LogP) is 1.94. The van der Waals surface area contributed by atoms with Crippen LogP contribution in [0.2, 0.25) is 0 Å². The van der Waals surface area contributed by atoms with Gasteiger partial charge in [-0.15, -0.1) is 11.3 Å². The van der Waals surface area contributed by atoms with Gasteiger partial charge in [0, 0.05) is 16.3 Å². The Bertz CT molecular complexity index is 319. The largest absolute Gasteiger partial charge is 0.372 e. The summed E-state index contributed by atoms with van der Waals surface area (Å²) in [7, 11) is 0. The third kappa shape index (κ3) is 1.41. The zero-order valence-corrected chi connectivity index (χ0v) is 8.91. The monoisotopic (exact) mass is 197 g/mol. The summed E-state index contributed by atoms with van der Waals surface area (Å²) in [6.07, 6.45) is 1.20. The van der Waals surface area contributed by atoms with Crippen LogP contribution in [0.3, 0.4) is 0 Å². The average molecular weight is 197 g/mol. The number of fused-ring (bicyclic) bond motifs is 1. The Hall–Kier alpha value is -0.380. The molecule has 2 heterocycles. The molecule has 1 aromatic rings. The molecular weight excluding hydrogens is 182 g/mol. The van der Waals surface area contributed by atoms with Crippen LogP contribution < -0.4 is 5.73 Å². The molecule has 13 heavy (non-hydrogen) atoms. The van der Waals surface area contributed by atoms with Crippen molar-refractivity contribution in [3.05, 3.63) is 20.9 Å². The molecule has 3 heteroatoms. The molecule has 2 N–H and O–H groups in total. The third-order valence-electron chi connectivity index (χ3n) is 2.64. The van der Waals surface area contributed by atoms with E-state index >= 15 is 0 Å². The van der Waals surface area contributed by atoms with Crippen molar-refractivity contribution in [3.63, 3.8) is 0 Å². The van der Waals surface area contributed by atoms with Crippen molar-refractivity contribution in [2.45, 2.75) is 26.4 Å². The van der Waals surface area contributed by atoms with E-state index < -0.39 is 0 Å². The van der Waals surface area contributed by atoms with Crippen LogP contribution in [-0.4, -0.2) is 13.2 Å². The molecule has 2 rings (SSSR count). The van der Waals surface area contributed by atoms with Crippen molar-refractivity contribution in [1.82, 2.24) is 0 Å². The maximum absolute atomic E-state index is 5.68. The molecule has 1 aromatic heterocycles. The van der Waals surface area contributed by atoms with Gasteiger partial charge in [-0.2, -0.15) is 0 Å². The van der Waals surface area contributed by atoms with E-state index in [-0.39, 0.29) is 6.10 Å². The van der Waals surface area contributed by atoms with Gasteiger partial charge in [0.05, 0.1) is 12.7 Å². The van der Waals surface area contributed by atoms with Gasteiger partial charge in [-0.3, -0.25) is 0 Å². The van der Waals surface area contributed by atoms with E-state index in [1.165, 1.54) is 20.9 Å². The highest BCUT2D eigenvalue weighted by Gasteiger charge is 2.24. The Labute approximate surface area is 82.7 Å². The molecule has 0 aromatic carbocycles. The Morgan fingerprint density at radius 3 is 2.92 bits per heavy atom. The molecule has 0 radical (unpaired) electrons. The molecular formula is C10H15NOS. The summed E-state index contributed by atoms with van der Waals surface area (Å²) in [4.78, 5) is 2.82. The van der Waals surface area contributed by atoms with E-state index in [1.807, 2.05) is 11.3 Å². The summed E-state index contributed by atoms with van der Waals surface area (Å²) >= 11 is 1.87. The van der Waals surface area contributed by atoms with Gasteiger partial charge in [-0.1, -0.05) is 0 Å². The molecule has 0 saturated carbocycles. The highest BCUT2D eigenvalue weighted by atomic mass is 32.1. The lowest BCUT2D eigenvalue weighted by Crippen LogP contribution is -2.22. The van der Waals surface area contributed by atoms with Crippen LogP contribution in [0.1, 0.15) is 27.0 Å². The first-order valence-corrected chi connectivity index (χ1v) is 5.46. The third-order valence-corrected chi connectivity index (χ3v) is 3.72. The van der Waals surface area contributed by atoms with Crippen LogP contribution in [0.15, 0.2) is 0 Å². The van der Waals surface area contributed by atoms with Gasteiger partial charge in [0.1, 0.15) is 0 Å². The Morgan fingerprint density at radius 2 is 2.23 bits per heavy atom. The van der Waals surface area contributed by atoms with Gasteiger partial charge in [-0.25, -0.2) is 0 Å². The molecule has 0 saturated heterocycles. The zero-order chi connectivity index (χ0) is 9.42. The second-order valence-electron chi connectivity index (χ2n) is 3.45. The van der Waals surface area contributed by atoms with E-state index in [2.05, 4.69) is 13.8 Å². The predicted molar refractivity (Wildman–Crippen MR) is 55.2 cm³/mol. The maximum atomic E-state index is 5.68. The van der Waals surface area contributed by atoms with Gasteiger partial charge >= 0.3 is 0 Å². The molecule has 0 amide bonds. The van der Waals surface area contributed by atoms with Gasteiger partial charge in [0.25, 0.3) is 0 Å². The minimum Gasteiger partial charge on any atom is -0.372 e. The number of hydrogen-bond acceptors (Lipinski definition) is 3. The molecule has 1 atom stereocenters. The van der Waals surface area contributed by atoms with Gasteiger partial charge in [0.15, 0.2) is 0 Å². The van der Waals surface area contributed by atoms with E-state index in [0.717, 1.165) is 13.0 Å². The molecule has 1 aliphatic heterocycles. The first-order chi connectivity index (χ1) is 6.24. The molecule has 1 aliphatic rings. The van der Waals surface area contributed by atoms with Gasteiger partial charge in [-0.05, 0) is 31.4 Å². The number of ether oxygens (including phenoxy) is 1. The van der Waals surface area contributed by atoms with E-state index in [1.54, 1.807) is 0 Å². The van der Waals surface area contributed by atoms with Crippen LogP contribution in [0.4, 0.5) is 0 Å².